The molecule has 0 bridgehead atoms. The normalized spacial score (nSPS) is 12.5. The molecular weight excluding hydrogens is 257 g/mol. The molecule has 99 valence electrons. The summed E-state index contributed by atoms with van der Waals surface area (Å²) in [6, 6.07) is 11.3. The zero-order valence-electron chi connectivity index (χ0n) is 10.8. The van der Waals surface area contributed by atoms with E-state index in [1.165, 1.54) is 12.1 Å². The highest BCUT2D eigenvalue weighted by molar-refractivity contribution is 5.78. The lowest BCUT2D eigenvalue weighted by atomic mass is 10.0. The third kappa shape index (κ3) is 2.20. The van der Waals surface area contributed by atoms with Gasteiger partial charge in [-0.25, -0.2) is 9.37 Å². The Labute approximate surface area is 115 Å². The van der Waals surface area contributed by atoms with Crippen LogP contribution in [0.4, 0.5) is 4.39 Å². The number of carbonyl (C=O) groups excluding carboxylic acids is 1. The van der Waals surface area contributed by atoms with Gasteiger partial charge in [0, 0.05) is 11.5 Å². The van der Waals surface area contributed by atoms with Gasteiger partial charge < -0.3 is 4.42 Å². The standard InChI is InChI=1S/C16H11FNO2/c1-10(9-19)12-4-7-15-14(8-12)18-16(20-15)11-2-5-13(17)6-3-11/h2-8,10H,1H3. The first-order valence-electron chi connectivity index (χ1n) is 6.21. The highest BCUT2D eigenvalue weighted by atomic mass is 19.1. The van der Waals surface area contributed by atoms with Crippen LogP contribution in [0.25, 0.3) is 22.6 Å². The largest absolute Gasteiger partial charge is 0.436 e. The van der Waals surface area contributed by atoms with Crippen LogP contribution in [0.1, 0.15) is 18.4 Å². The minimum Gasteiger partial charge on any atom is -0.436 e. The van der Waals surface area contributed by atoms with Gasteiger partial charge in [0.2, 0.25) is 12.2 Å². The fraction of sp³-hybridized carbons (Fsp3) is 0.125. The molecule has 1 atom stereocenters. The molecule has 0 spiro atoms. The Morgan fingerprint density at radius 1 is 1.20 bits per heavy atom. The fourth-order valence-electron chi connectivity index (χ4n) is 2.00. The summed E-state index contributed by atoms with van der Waals surface area (Å²) in [6.45, 7) is 1.77. The Bertz CT molecular complexity index is 762. The van der Waals surface area contributed by atoms with Crippen LogP contribution in [0.3, 0.4) is 0 Å². The predicted octanol–water partition coefficient (Wildman–Crippen LogP) is 3.85. The van der Waals surface area contributed by atoms with Gasteiger partial charge in [0.15, 0.2) is 5.58 Å². The van der Waals surface area contributed by atoms with Gasteiger partial charge in [-0.1, -0.05) is 13.0 Å². The van der Waals surface area contributed by atoms with Crippen molar-refractivity contribution in [3.05, 3.63) is 53.8 Å². The van der Waals surface area contributed by atoms with Crippen LogP contribution in [0, 0.1) is 5.82 Å². The van der Waals surface area contributed by atoms with Crippen molar-refractivity contribution < 1.29 is 13.6 Å². The summed E-state index contributed by atoms with van der Waals surface area (Å²) in [5.41, 5.74) is 2.85. The number of oxazole rings is 1. The highest BCUT2D eigenvalue weighted by Crippen LogP contribution is 2.26. The third-order valence-electron chi connectivity index (χ3n) is 3.18. The summed E-state index contributed by atoms with van der Waals surface area (Å²) in [7, 11) is 0. The average Bonchev–Trinajstić information content (AvgIpc) is 2.90. The summed E-state index contributed by atoms with van der Waals surface area (Å²) in [6.07, 6.45) is 1.94. The maximum Gasteiger partial charge on any atom is 0.227 e. The predicted molar refractivity (Wildman–Crippen MR) is 73.5 cm³/mol. The topological polar surface area (TPSA) is 43.1 Å². The maximum atomic E-state index is 12.9. The number of fused-ring (bicyclic) bond motifs is 1. The van der Waals surface area contributed by atoms with Gasteiger partial charge in [0.1, 0.15) is 11.3 Å². The lowest BCUT2D eigenvalue weighted by molar-refractivity contribution is 0.546. The zero-order chi connectivity index (χ0) is 14.1. The van der Waals surface area contributed by atoms with E-state index in [1.54, 1.807) is 31.2 Å². The quantitative estimate of drug-likeness (QED) is 0.724. The van der Waals surface area contributed by atoms with Crippen molar-refractivity contribution in [3.8, 4) is 11.5 Å². The number of hydrogen-bond acceptors (Lipinski definition) is 3. The monoisotopic (exact) mass is 268 g/mol. The molecule has 0 aliphatic heterocycles. The van der Waals surface area contributed by atoms with E-state index >= 15 is 0 Å². The fourth-order valence-corrected chi connectivity index (χ4v) is 2.00. The number of nitrogens with zero attached hydrogens (tertiary/aromatic N) is 1. The van der Waals surface area contributed by atoms with Crippen molar-refractivity contribution in [1.82, 2.24) is 4.98 Å². The minimum absolute atomic E-state index is 0.301. The van der Waals surface area contributed by atoms with Crippen molar-refractivity contribution in [3.63, 3.8) is 0 Å². The van der Waals surface area contributed by atoms with Gasteiger partial charge in [-0.15, -0.1) is 0 Å². The minimum atomic E-state index is -0.303. The molecule has 1 aromatic heterocycles. The second-order valence-corrected chi connectivity index (χ2v) is 4.59. The number of aromatic nitrogens is 1. The first-order chi connectivity index (χ1) is 9.67. The van der Waals surface area contributed by atoms with E-state index in [-0.39, 0.29) is 11.7 Å². The number of hydrogen-bond donors (Lipinski definition) is 0. The summed E-state index contributed by atoms with van der Waals surface area (Å²) in [5.74, 6) is -0.173. The first kappa shape index (κ1) is 12.5. The molecule has 1 unspecified atom stereocenters. The number of rotatable bonds is 3. The van der Waals surface area contributed by atoms with E-state index in [9.17, 15) is 9.18 Å². The molecule has 3 rings (SSSR count). The summed E-state index contributed by atoms with van der Waals surface area (Å²) < 4.78 is 18.5. The molecule has 0 saturated carbocycles. The van der Waals surface area contributed by atoms with E-state index in [0.717, 1.165) is 5.56 Å². The lowest BCUT2D eigenvalue weighted by Crippen LogP contribution is -1.93. The smallest absolute Gasteiger partial charge is 0.227 e. The van der Waals surface area contributed by atoms with Crippen LogP contribution in [-0.4, -0.2) is 11.3 Å². The van der Waals surface area contributed by atoms with E-state index in [2.05, 4.69) is 4.98 Å². The molecule has 1 heterocycles. The molecule has 1 radical (unpaired) electrons. The van der Waals surface area contributed by atoms with Crippen molar-refractivity contribution in [1.29, 1.82) is 0 Å². The Morgan fingerprint density at radius 2 is 1.95 bits per heavy atom. The number of halogens is 1. The van der Waals surface area contributed by atoms with Gasteiger partial charge in [-0.2, -0.15) is 0 Å². The van der Waals surface area contributed by atoms with Gasteiger partial charge in [-0.05, 0) is 42.0 Å². The molecule has 0 aliphatic rings. The lowest BCUT2D eigenvalue weighted by Gasteiger charge is -2.00. The molecule has 3 nitrogen and oxygen atoms in total. The van der Waals surface area contributed by atoms with Crippen molar-refractivity contribution in [2.24, 2.45) is 0 Å². The van der Waals surface area contributed by atoms with Crippen molar-refractivity contribution in [2.45, 2.75) is 12.8 Å². The van der Waals surface area contributed by atoms with Gasteiger partial charge >= 0.3 is 0 Å². The Balaban J connectivity index is 2.06. The van der Waals surface area contributed by atoms with E-state index in [0.29, 0.717) is 22.6 Å². The molecular formula is C16H11FNO2. The molecule has 20 heavy (non-hydrogen) atoms. The van der Waals surface area contributed by atoms with Crippen LogP contribution >= 0.6 is 0 Å². The Hall–Kier alpha value is -2.49. The highest BCUT2D eigenvalue weighted by Gasteiger charge is 2.11. The SMILES string of the molecule is CC([C]=O)c1ccc2oc(-c3ccc(F)cc3)nc2c1. The molecule has 0 fully saturated rings. The second-order valence-electron chi connectivity index (χ2n) is 4.59. The molecule has 0 aliphatic carbocycles. The third-order valence-corrected chi connectivity index (χ3v) is 3.18. The average molecular weight is 268 g/mol. The van der Waals surface area contributed by atoms with Crippen LogP contribution in [-0.2, 0) is 4.79 Å². The van der Waals surface area contributed by atoms with Gasteiger partial charge in [-0.3, -0.25) is 4.79 Å². The summed E-state index contributed by atoms with van der Waals surface area (Å²) >= 11 is 0. The Kier molecular flexibility index (Phi) is 3.06. The van der Waals surface area contributed by atoms with Crippen LogP contribution < -0.4 is 0 Å². The van der Waals surface area contributed by atoms with Gasteiger partial charge in [0.25, 0.3) is 0 Å². The van der Waals surface area contributed by atoms with Crippen LogP contribution in [0.2, 0.25) is 0 Å². The molecule has 0 N–H and O–H groups in total. The van der Waals surface area contributed by atoms with E-state index in [4.69, 9.17) is 4.42 Å². The molecule has 0 saturated heterocycles. The molecule has 4 heteroatoms. The molecule has 3 aromatic rings. The molecule has 0 amide bonds. The summed E-state index contributed by atoms with van der Waals surface area (Å²) in [4.78, 5) is 15.1. The Morgan fingerprint density at radius 3 is 2.65 bits per heavy atom. The van der Waals surface area contributed by atoms with E-state index in [1.807, 2.05) is 12.4 Å². The second kappa shape index (κ2) is 4.89. The van der Waals surface area contributed by atoms with Crippen molar-refractivity contribution in [2.75, 3.05) is 0 Å². The van der Waals surface area contributed by atoms with E-state index < -0.39 is 0 Å². The van der Waals surface area contributed by atoms with Gasteiger partial charge in [0.05, 0.1) is 0 Å². The van der Waals surface area contributed by atoms with Crippen molar-refractivity contribution >= 4 is 17.4 Å². The molecule has 2 aromatic carbocycles. The van der Waals surface area contributed by atoms with Crippen LogP contribution in [0.5, 0.6) is 0 Å². The maximum absolute atomic E-state index is 12.9. The zero-order valence-corrected chi connectivity index (χ0v) is 10.8. The van der Waals surface area contributed by atoms with Crippen LogP contribution in [0.15, 0.2) is 46.9 Å². The first-order valence-corrected chi connectivity index (χ1v) is 6.21. The number of benzene rings is 2. The summed E-state index contributed by atoms with van der Waals surface area (Å²) in [5, 5.41) is 0.